The number of ether oxygens (including phenoxy) is 1. The molecule has 7 heteroatoms. The monoisotopic (exact) mass is 362 g/mol. The van der Waals surface area contributed by atoms with Gasteiger partial charge in [-0.05, 0) is 49.7 Å². The van der Waals surface area contributed by atoms with E-state index in [0.717, 1.165) is 5.56 Å². The molecule has 0 spiro atoms. The van der Waals surface area contributed by atoms with Crippen molar-refractivity contribution in [1.29, 1.82) is 0 Å². The SMILES string of the molecule is CC(C)Oc1ccc(S(=O)(=O)CCC(=O)NCc2cccnc2)cc1. The number of rotatable bonds is 8. The number of amides is 1. The summed E-state index contributed by atoms with van der Waals surface area (Å²) >= 11 is 0. The van der Waals surface area contributed by atoms with Crippen molar-refractivity contribution in [3.63, 3.8) is 0 Å². The summed E-state index contributed by atoms with van der Waals surface area (Å²) in [5.41, 5.74) is 0.861. The van der Waals surface area contributed by atoms with Crippen LogP contribution in [0.5, 0.6) is 5.75 Å². The van der Waals surface area contributed by atoms with Crippen molar-refractivity contribution < 1.29 is 17.9 Å². The van der Waals surface area contributed by atoms with Gasteiger partial charge in [-0.3, -0.25) is 9.78 Å². The lowest BCUT2D eigenvalue weighted by Gasteiger charge is -2.10. The Labute approximate surface area is 148 Å². The Hall–Kier alpha value is -2.41. The van der Waals surface area contributed by atoms with E-state index in [0.29, 0.717) is 12.3 Å². The van der Waals surface area contributed by atoms with E-state index in [4.69, 9.17) is 4.74 Å². The molecule has 1 aromatic carbocycles. The Morgan fingerprint density at radius 2 is 1.92 bits per heavy atom. The molecule has 0 fully saturated rings. The van der Waals surface area contributed by atoms with E-state index in [1.807, 2.05) is 19.9 Å². The minimum absolute atomic E-state index is 0.0194. The van der Waals surface area contributed by atoms with Gasteiger partial charge < -0.3 is 10.1 Å². The number of hydrogen-bond acceptors (Lipinski definition) is 5. The number of carbonyl (C=O) groups excluding carboxylic acids is 1. The molecule has 25 heavy (non-hydrogen) atoms. The molecule has 2 rings (SSSR count). The lowest BCUT2D eigenvalue weighted by Crippen LogP contribution is -2.25. The van der Waals surface area contributed by atoms with Crippen LogP contribution in [0.25, 0.3) is 0 Å². The van der Waals surface area contributed by atoms with Crippen LogP contribution in [0.15, 0.2) is 53.7 Å². The Morgan fingerprint density at radius 1 is 1.20 bits per heavy atom. The van der Waals surface area contributed by atoms with Crippen LogP contribution in [0.3, 0.4) is 0 Å². The fourth-order valence-corrected chi connectivity index (χ4v) is 3.37. The zero-order valence-electron chi connectivity index (χ0n) is 14.3. The van der Waals surface area contributed by atoms with E-state index < -0.39 is 9.84 Å². The highest BCUT2D eigenvalue weighted by Gasteiger charge is 2.16. The van der Waals surface area contributed by atoms with E-state index in [1.54, 1.807) is 30.6 Å². The molecular weight excluding hydrogens is 340 g/mol. The zero-order chi connectivity index (χ0) is 18.3. The molecule has 0 radical (unpaired) electrons. The summed E-state index contributed by atoms with van der Waals surface area (Å²) in [6, 6.07) is 9.86. The van der Waals surface area contributed by atoms with Crippen molar-refractivity contribution in [2.45, 2.75) is 37.8 Å². The number of nitrogens with zero attached hydrogens (tertiary/aromatic N) is 1. The van der Waals surface area contributed by atoms with E-state index in [9.17, 15) is 13.2 Å². The van der Waals surface area contributed by atoms with Gasteiger partial charge in [-0.2, -0.15) is 0 Å². The number of aromatic nitrogens is 1. The molecule has 1 aromatic heterocycles. The van der Waals surface area contributed by atoms with Crippen LogP contribution in [0.4, 0.5) is 0 Å². The van der Waals surface area contributed by atoms with Crippen molar-refractivity contribution in [3.05, 3.63) is 54.4 Å². The van der Waals surface area contributed by atoms with Crippen molar-refractivity contribution in [2.75, 3.05) is 5.75 Å². The first-order valence-corrected chi connectivity index (χ1v) is 9.67. The van der Waals surface area contributed by atoms with Gasteiger partial charge in [0.25, 0.3) is 0 Å². The van der Waals surface area contributed by atoms with Gasteiger partial charge in [0, 0.05) is 25.4 Å². The quantitative estimate of drug-likeness (QED) is 0.779. The number of hydrogen-bond donors (Lipinski definition) is 1. The third-order valence-corrected chi connectivity index (χ3v) is 5.10. The summed E-state index contributed by atoms with van der Waals surface area (Å²) in [7, 11) is -3.51. The molecule has 0 aliphatic rings. The summed E-state index contributed by atoms with van der Waals surface area (Å²) in [6.07, 6.45) is 3.23. The van der Waals surface area contributed by atoms with Crippen molar-refractivity contribution >= 4 is 15.7 Å². The highest BCUT2D eigenvalue weighted by Crippen LogP contribution is 2.18. The Bertz CT molecular complexity index is 788. The maximum atomic E-state index is 12.3. The molecular formula is C18H22N2O4S. The largest absolute Gasteiger partial charge is 0.491 e. The first-order valence-electron chi connectivity index (χ1n) is 8.02. The molecule has 0 atom stereocenters. The van der Waals surface area contributed by atoms with Crippen molar-refractivity contribution in [2.24, 2.45) is 0 Å². The molecule has 6 nitrogen and oxygen atoms in total. The predicted octanol–water partition coefficient (Wildman–Crippen LogP) is 2.35. The minimum Gasteiger partial charge on any atom is -0.491 e. The molecule has 134 valence electrons. The van der Waals surface area contributed by atoms with Crippen molar-refractivity contribution in [3.8, 4) is 5.75 Å². The van der Waals surface area contributed by atoms with E-state index in [-0.39, 0.29) is 29.1 Å². The lowest BCUT2D eigenvalue weighted by molar-refractivity contribution is -0.120. The summed E-state index contributed by atoms with van der Waals surface area (Å²) < 4.78 is 30.1. The summed E-state index contributed by atoms with van der Waals surface area (Å²) in [5.74, 6) is 0.0614. The number of sulfone groups is 1. The molecule has 1 heterocycles. The Kier molecular flexibility index (Phi) is 6.52. The fraction of sp³-hybridized carbons (Fsp3) is 0.333. The maximum Gasteiger partial charge on any atom is 0.221 e. The number of pyridine rings is 1. The fourth-order valence-electron chi connectivity index (χ4n) is 2.13. The first-order chi connectivity index (χ1) is 11.9. The number of carbonyl (C=O) groups is 1. The second-order valence-corrected chi connectivity index (χ2v) is 7.95. The average Bonchev–Trinajstić information content (AvgIpc) is 2.59. The van der Waals surface area contributed by atoms with Crippen LogP contribution in [0.2, 0.25) is 0 Å². The topological polar surface area (TPSA) is 85.4 Å². The zero-order valence-corrected chi connectivity index (χ0v) is 15.1. The van der Waals surface area contributed by atoms with Gasteiger partial charge in [-0.15, -0.1) is 0 Å². The normalized spacial score (nSPS) is 11.3. The summed E-state index contributed by atoms with van der Waals surface area (Å²) in [6.45, 7) is 4.12. The summed E-state index contributed by atoms with van der Waals surface area (Å²) in [4.78, 5) is 16.0. The van der Waals surface area contributed by atoms with Crippen LogP contribution >= 0.6 is 0 Å². The standard InChI is InChI=1S/C18H22N2O4S/c1-14(2)24-16-5-7-17(8-6-16)25(22,23)11-9-18(21)20-13-15-4-3-10-19-12-15/h3-8,10,12,14H,9,11,13H2,1-2H3,(H,20,21). The Morgan fingerprint density at radius 3 is 2.52 bits per heavy atom. The van der Waals surface area contributed by atoms with Crippen LogP contribution < -0.4 is 10.1 Å². The smallest absolute Gasteiger partial charge is 0.221 e. The van der Waals surface area contributed by atoms with Crippen LogP contribution in [-0.4, -0.2) is 31.2 Å². The van der Waals surface area contributed by atoms with Gasteiger partial charge in [0.15, 0.2) is 9.84 Å². The second-order valence-electron chi connectivity index (χ2n) is 5.84. The van der Waals surface area contributed by atoms with Gasteiger partial charge in [0.1, 0.15) is 5.75 Å². The molecule has 0 aliphatic heterocycles. The molecule has 0 aliphatic carbocycles. The third kappa shape index (κ3) is 6.19. The van der Waals surface area contributed by atoms with Gasteiger partial charge in [0.05, 0.1) is 16.8 Å². The van der Waals surface area contributed by atoms with Crippen LogP contribution in [0, 0.1) is 0 Å². The Balaban J connectivity index is 1.87. The predicted molar refractivity (Wildman–Crippen MR) is 95.0 cm³/mol. The van der Waals surface area contributed by atoms with E-state index in [2.05, 4.69) is 10.3 Å². The van der Waals surface area contributed by atoms with Crippen LogP contribution in [-0.2, 0) is 21.2 Å². The van der Waals surface area contributed by atoms with Gasteiger partial charge in [0.2, 0.25) is 5.91 Å². The molecule has 2 aromatic rings. The minimum atomic E-state index is -3.51. The van der Waals surface area contributed by atoms with Crippen molar-refractivity contribution in [1.82, 2.24) is 10.3 Å². The summed E-state index contributed by atoms with van der Waals surface area (Å²) in [5, 5.41) is 2.69. The molecule has 0 saturated heterocycles. The highest BCUT2D eigenvalue weighted by atomic mass is 32.2. The lowest BCUT2D eigenvalue weighted by atomic mass is 10.3. The molecule has 0 bridgehead atoms. The second kappa shape index (κ2) is 8.62. The highest BCUT2D eigenvalue weighted by molar-refractivity contribution is 7.91. The molecule has 1 N–H and O–H groups in total. The number of nitrogens with one attached hydrogen (secondary N) is 1. The third-order valence-electron chi connectivity index (χ3n) is 3.36. The van der Waals surface area contributed by atoms with E-state index >= 15 is 0 Å². The average molecular weight is 362 g/mol. The van der Waals surface area contributed by atoms with Crippen LogP contribution in [0.1, 0.15) is 25.8 Å². The molecule has 1 amide bonds. The van der Waals surface area contributed by atoms with Gasteiger partial charge >= 0.3 is 0 Å². The molecule has 0 unspecified atom stereocenters. The van der Waals surface area contributed by atoms with Gasteiger partial charge in [-0.25, -0.2) is 8.42 Å². The van der Waals surface area contributed by atoms with Gasteiger partial charge in [-0.1, -0.05) is 6.07 Å². The molecule has 0 saturated carbocycles. The van der Waals surface area contributed by atoms with E-state index in [1.165, 1.54) is 12.1 Å². The maximum absolute atomic E-state index is 12.3. The first kappa shape index (κ1) is 18.9. The number of benzene rings is 1.